The first-order valence-electron chi connectivity index (χ1n) is 4.14. The molecule has 0 aliphatic heterocycles. The summed E-state index contributed by atoms with van der Waals surface area (Å²) in [6.07, 6.45) is 1.46. The second-order valence-electron chi connectivity index (χ2n) is 2.99. The highest BCUT2D eigenvalue weighted by Crippen LogP contribution is 2.14. The maximum Gasteiger partial charge on any atom is 0.336 e. The fraction of sp³-hybridized carbons (Fsp3) is 0.100. The predicted octanol–water partition coefficient (Wildman–Crippen LogP) is 1.64. The van der Waals surface area contributed by atoms with E-state index in [9.17, 15) is 4.79 Å². The molecule has 2 heterocycles. The molecule has 0 saturated heterocycles. The minimum atomic E-state index is -0.956. The highest BCUT2D eigenvalue weighted by atomic mass is 16.4. The van der Waals surface area contributed by atoms with Crippen molar-refractivity contribution in [2.75, 3.05) is 0 Å². The summed E-state index contributed by atoms with van der Waals surface area (Å²) in [4.78, 5) is 19.0. The summed E-state index contributed by atoms with van der Waals surface area (Å²) < 4.78 is 0. The van der Waals surface area contributed by atoms with Crippen LogP contribution in [0.15, 0.2) is 24.4 Å². The predicted molar refractivity (Wildman–Crippen MR) is 51.2 cm³/mol. The molecular formula is C10H8N2O2. The number of hydrogen-bond donors (Lipinski definition) is 1. The van der Waals surface area contributed by atoms with Crippen LogP contribution in [0.2, 0.25) is 0 Å². The average molecular weight is 188 g/mol. The second-order valence-corrected chi connectivity index (χ2v) is 2.99. The van der Waals surface area contributed by atoms with Gasteiger partial charge in [-0.05, 0) is 25.1 Å². The fourth-order valence-corrected chi connectivity index (χ4v) is 1.31. The van der Waals surface area contributed by atoms with Gasteiger partial charge in [0, 0.05) is 17.3 Å². The van der Waals surface area contributed by atoms with E-state index in [1.165, 1.54) is 12.3 Å². The van der Waals surface area contributed by atoms with Crippen molar-refractivity contribution in [2.45, 2.75) is 6.92 Å². The lowest BCUT2D eigenvalue weighted by Gasteiger charge is -2.00. The second kappa shape index (κ2) is 3.06. The number of aromatic carboxylic acids is 1. The number of carbonyl (C=O) groups is 1. The Morgan fingerprint density at radius 3 is 2.86 bits per heavy atom. The number of nitrogens with zero attached hydrogens (tertiary/aromatic N) is 2. The molecule has 4 nitrogen and oxygen atoms in total. The van der Waals surface area contributed by atoms with Gasteiger partial charge in [0.05, 0.1) is 5.56 Å². The molecule has 14 heavy (non-hydrogen) atoms. The summed E-state index contributed by atoms with van der Waals surface area (Å²) in [5, 5.41) is 9.47. The van der Waals surface area contributed by atoms with E-state index in [-0.39, 0.29) is 5.56 Å². The number of fused-ring (bicyclic) bond motifs is 1. The van der Waals surface area contributed by atoms with Gasteiger partial charge in [0.15, 0.2) is 5.65 Å². The molecule has 1 N–H and O–H groups in total. The summed E-state index contributed by atoms with van der Waals surface area (Å²) in [6.45, 7) is 1.84. The first kappa shape index (κ1) is 8.62. The van der Waals surface area contributed by atoms with E-state index in [4.69, 9.17) is 5.11 Å². The van der Waals surface area contributed by atoms with Crippen molar-refractivity contribution in [2.24, 2.45) is 0 Å². The molecule has 70 valence electrons. The van der Waals surface area contributed by atoms with E-state index in [1.807, 2.05) is 6.92 Å². The molecule has 0 aliphatic carbocycles. The molecule has 0 fully saturated rings. The first-order chi connectivity index (χ1) is 6.68. The van der Waals surface area contributed by atoms with Crippen LogP contribution in [0.25, 0.3) is 11.0 Å². The third kappa shape index (κ3) is 1.31. The quantitative estimate of drug-likeness (QED) is 0.738. The van der Waals surface area contributed by atoms with Crippen molar-refractivity contribution in [3.63, 3.8) is 0 Å². The number of rotatable bonds is 1. The molecule has 0 spiro atoms. The fourth-order valence-electron chi connectivity index (χ4n) is 1.31. The lowest BCUT2D eigenvalue weighted by Crippen LogP contribution is -1.99. The number of hydrogen-bond acceptors (Lipinski definition) is 3. The molecule has 2 aromatic rings. The van der Waals surface area contributed by atoms with E-state index in [1.54, 1.807) is 12.1 Å². The van der Waals surface area contributed by atoms with Crippen LogP contribution < -0.4 is 0 Å². The van der Waals surface area contributed by atoms with Crippen molar-refractivity contribution in [3.05, 3.63) is 35.7 Å². The zero-order chi connectivity index (χ0) is 10.1. The number of carboxylic acids is 1. The molecule has 0 atom stereocenters. The molecule has 0 radical (unpaired) electrons. The maximum absolute atomic E-state index is 10.8. The van der Waals surface area contributed by atoms with Gasteiger partial charge in [-0.2, -0.15) is 0 Å². The Bertz CT molecular complexity index is 508. The molecule has 4 heteroatoms. The van der Waals surface area contributed by atoms with Gasteiger partial charge in [-0.3, -0.25) is 0 Å². The Balaban J connectivity index is 2.81. The number of aromatic nitrogens is 2. The van der Waals surface area contributed by atoms with Crippen LogP contribution in [0.3, 0.4) is 0 Å². The van der Waals surface area contributed by atoms with Gasteiger partial charge in [0.25, 0.3) is 0 Å². The van der Waals surface area contributed by atoms with Crippen LogP contribution in [0.4, 0.5) is 0 Å². The SMILES string of the molecule is Cc1ccc2c(C(=O)O)ccnc2n1. The van der Waals surface area contributed by atoms with Crippen LogP contribution >= 0.6 is 0 Å². The van der Waals surface area contributed by atoms with Crippen LogP contribution in [0.5, 0.6) is 0 Å². The monoisotopic (exact) mass is 188 g/mol. The lowest BCUT2D eigenvalue weighted by molar-refractivity contribution is 0.0699. The van der Waals surface area contributed by atoms with E-state index in [0.29, 0.717) is 11.0 Å². The van der Waals surface area contributed by atoms with E-state index in [2.05, 4.69) is 9.97 Å². The molecule has 0 unspecified atom stereocenters. The third-order valence-corrected chi connectivity index (χ3v) is 1.97. The van der Waals surface area contributed by atoms with Crippen molar-refractivity contribution in [1.82, 2.24) is 9.97 Å². The Labute approximate surface area is 80.2 Å². The zero-order valence-electron chi connectivity index (χ0n) is 7.56. The molecule has 0 aromatic carbocycles. The van der Waals surface area contributed by atoms with E-state index < -0.39 is 5.97 Å². The topological polar surface area (TPSA) is 63.1 Å². The van der Waals surface area contributed by atoms with Crippen LogP contribution in [-0.2, 0) is 0 Å². The minimum absolute atomic E-state index is 0.238. The highest BCUT2D eigenvalue weighted by molar-refractivity contribution is 6.01. The molecule has 0 saturated carbocycles. The highest BCUT2D eigenvalue weighted by Gasteiger charge is 2.08. The van der Waals surface area contributed by atoms with Crippen molar-refractivity contribution in [1.29, 1.82) is 0 Å². The van der Waals surface area contributed by atoms with Crippen molar-refractivity contribution < 1.29 is 9.90 Å². The largest absolute Gasteiger partial charge is 0.478 e. The van der Waals surface area contributed by atoms with Gasteiger partial charge in [-0.1, -0.05) is 0 Å². The Hall–Kier alpha value is -1.97. The number of carboxylic acid groups (broad SMARTS) is 1. The van der Waals surface area contributed by atoms with Crippen LogP contribution in [0.1, 0.15) is 16.1 Å². The Morgan fingerprint density at radius 1 is 1.36 bits per heavy atom. The van der Waals surface area contributed by atoms with Gasteiger partial charge in [0.1, 0.15) is 0 Å². The Morgan fingerprint density at radius 2 is 2.14 bits per heavy atom. The summed E-state index contributed by atoms with van der Waals surface area (Å²) in [5.74, 6) is -0.956. The summed E-state index contributed by atoms with van der Waals surface area (Å²) >= 11 is 0. The van der Waals surface area contributed by atoms with Gasteiger partial charge < -0.3 is 5.11 Å². The minimum Gasteiger partial charge on any atom is -0.478 e. The zero-order valence-corrected chi connectivity index (χ0v) is 7.56. The summed E-state index contributed by atoms with van der Waals surface area (Å²) in [7, 11) is 0. The van der Waals surface area contributed by atoms with Crippen molar-refractivity contribution >= 4 is 17.0 Å². The third-order valence-electron chi connectivity index (χ3n) is 1.97. The normalized spacial score (nSPS) is 10.4. The van der Waals surface area contributed by atoms with Crippen molar-refractivity contribution in [3.8, 4) is 0 Å². The lowest BCUT2D eigenvalue weighted by atomic mass is 10.1. The number of aryl methyl sites for hydroxylation is 1. The summed E-state index contributed by atoms with van der Waals surface area (Å²) in [5.41, 5.74) is 1.54. The van der Waals surface area contributed by atoms with Gasteiger partial charge in [-0.25, -0.2) is 14.8 Å². The number of pyridine rings is 2. The smallest absolute Gasteiger partial charge is 0.336 e. The molecule has 0 aliphatic rings. The van der Waals surface area contributed by atoms with Gasteiger partial charge in [-0.15, -0.1) is 0 Å². The molecule has 2 aromatic heterocycles. The average Bonchev–Trinajstić information content (AvgIpc) is 2.16. The Kier molecular flexibility index (Phi) is 1.89. The standard InChI is InChI=1S/C10H8N2O2/c1-6-2-3-7-8(10(13)14)4-5-11-9(7)12-6/h2-5H,1H3,(H,13,14). The molecular weight excluding hydrogens is 180 g/mol. The first-order valence-corrected chi connectivity index (χ1v) is 4.14. The van der Waals surface area contributed by atoms with Crippen LogP contribution in [-0.4, -0.2) is 21.0 Å². The van der Waals surface area contributed by atoms with Gasteiger partial charge in [0.2, 0.25) is 0 Å². The van der Waals surface area contributed by atoms with Crippen LogP contribution in [0, 0.1) is 6.92 Å². The summed E-state index contributed by atoms with van der Waals surface area (Å²) in [6, 6.07) is 4.98. The molecule has 0 bridgehead atoms. The molecule has 2 rings (SSSR count). The maximum atomic E-state index is 10.8. The van der Waals surface area contributed by atoms with Gasteiger partial charge >= 0.3 is 5.97 Å². The molecule has 0 amide bonds. The van der Waals surface area contributed by atoms with E-state index >= 15 is 0 Å². The van der Waals surface area contributed by atoms with E-state index in [0.717, 1.165) is 5.69 Å².